The summed E-state index contributed by atoms with van der Waals surface area (Å²) in [6.45, 7) is 3.10. The third-order valence-corrected chi connectivity index (χ3v) is 5.52. The molecule has 31 heavy (non-hydrogen) atoms. The van der Waals surface area contributed by atoms with Crippen LogP contribution >= 0.6 is 0 Å². The van der Waals surface area contributed by atoms with Crippen molar-refractivity contribution >= 4 is 11.7 Å². The molecule has 1 aliphatic carbocycles. The Kier molecular flexibility index (Phi) is 8.17. The second-order valence-corrected chi connectivity index (χ2v) is 7.78. The molecule has 0 aliphatic heterocycles. The summed E-state index contributed by atoms with van der Waals surface area (Å²) in [5.74, 6) is 1.48. The van der Waals surface area contributed by atoms with Gasteiger partial charge in [0.2, 0.25) is 0 Å². The minimum Gasteiger partial charge on any atom is -0.494 e. The maximum Gasteiger partial charge on any atom is 0.332 e. The lowest BCUT2D eigenvalue weighted by molar-refractivity contribution is -0.141. The maximum absolute atomic E-state index is 12.6. The van der Waals surface area contributed by atoms with E-state index in [2.05, 4.69) is 11.4 Å². The van der Waals surface area contributed by atoms with Gasteiger partial charge in [-0.25, -0.2) is 4.79 Å². The van der Waals surface area contributed by atoms with E-state index < -0.39 is 12.0 Å². The average molecular weight is 423 g/mol. The van der Waals surface area contributed by atoms with Gasteiger partial charge < -0.3 is 19.5 Å². The van der Waals surface area contributed by atoms with Gasteiger partial charge >= 0.3 is 5.97 Å². The fraction of sp³-hybridized carbons (Fsp3) is 0.440. The van der Waals surface area contributed by atoms with Crippen molar-refractivity contribution in [3.05, 3.63) is 53.6 Å². The zero-order chi connectivity index (χ0) is 22.1. The maximum atomic E-state index is 12.6. The van der Waals surface area contributed by atoms with E-state index in [0.29, 0.717) is 47.4 Å². The topological polar surface area (TPSA) is 80.6 Å². The van der Waals surface area contributed by atoms with E-state index in [0.717, 1.165) is 0 Å². The molecule has 0 saturated heterocycles. The van der Waals surface area contributed by atoms with Crippen molar-refractivity contribution in [1.29, 1.82) is 5.26 Å². The molecule has 0 heterocycles. The third kappa shape index (κ3) is 6.39. The molecule has 0 spiro atoms. The predicted octanol–water partition coefficient (Wildman–Crippen LogP) is 5.24. The number of esters is 1. The molecule has 1 atom stereocenters. The Hall–Kier alpha value is -3.20. The van der Waals surface area contributed by atoms with Crippen molar-refractivity contribution in [3.8, 4) is 17.6 Å². The van der Waals surface area contributed by atoms with Crippen LogP contribution in [0.15, 0.2) is 42.5 Å². The first kappa shape index (κ1) is 22.5. The van der Waals surface area contributed by atoms with Crippen LogP contribution in [0.25, 0.3) is 0 Å². The molecule has 0 aromatic heterocycles. The molecule has 1 unspecified atom stereocenters. The summed E-state index contributed by atoms with van der Waals surface area (Å²) >= 11 is 0. The molecule has 2 aromatic rings. The van der Waals surface area contributed by atoms with Crippen LogP contribution in [0.2, 0.25) is 0 Å². The van der Waals surface area contributed by atoms with Crippen molar-refractivity contribution < 1.29 is 19.0 Å². The smallest absolute Gasteiger partial charge is 0.332 e. The molecule has 2 aromatic carbocycles. The van der Waals surface area contributed by atoms with E-state index in [4.69, 9.17) is 19.5 Å². The van der Waals surface area contributed by atoms with E-state index in [1.165, 1.54) is 39.2 Å². The monoisotopic (exact) mass is 422 g/mol. The number of hydrogen-bond acceptors (Lipinski definition) is 6. The van der Waals surface area contributed by atoms with Gasteiger partial charge in [0.1, 0.15) is 11.5 Å². The number of carbonyl (C=O) groups excluding carboxylic acids is 1. The van der Waals surface area contributed by atoms with E-state index >= 15 is 0 Å². The summed E-state index contributed by atoms with van der Waals surface area (Å²) < 4.78 is 16.9. The Morgan fingerprint density at radius 2 is 1.77 bits per heavy atom. The second kappa shape index (κ2) is 11.3. The van der Waals surface area contributed by atoms with Crippen LogP contribution in [0.1, 0.15) is 56.2 Å². The number of rotatable bonds is 9. The zero-order valence-corrected chi connectivity index (χ0v) is 18.2. The Morgan fingerprint density at radius 3 is 2.39 bits per heavy atom. The number of nitriles is 1. The lowest BCUT2D eigenvalue weighted by Gasteiger charge is -2.23. The van der Waals surface area contributed by atoms with Crippen LogP contribution < -0.4 is 14.8 Å². The Labute approximate surface area is 184 Å². The van der Waals surface area contributed by atoms with Gasteiger partial charge in [-0.2, -0.15) is 5.26 Å². The molecule has 0 bridgehead atoms. The van der Waals surface area contributed by atoms with Crippen LogP contribution in [-0.2, 0) is 9.53 Å². The number of methoxy groups -OCH3 is 1. The lowest BCUT2D eigenvalue weighted by Crippen LogP contribution is -2.22. The molecule has 6 nitrogen and oxygen atoms in total. The van der Waals surface area contributed by atoms with Crippen molar-refractivity contribution in [1.82, 2.24) is 0 Å². The number of anilines is 1. The molecule has 0 radical (unpaired) electrons. The molecule has 3 rings (SSSR count). The molecule has 1 aliphatic rings. The number of ether oxygens (including phenoxy) is 3. The average Bonchev–Trinajstić information content (AvgIpc) is 2.82. The first-order valence-electron chi connectivity index (χ1n) is 10.9. The molecule has 0 amide bonds. The summed E-state index contributed by atoms with van der Waals surface area (Å²) in [6.07, 6.45) is 6.22. The highest BCUT2D eigenvalue weighted by Crippen LogP contribution is 2.31. The van der Waals surface area contributed by atoms with E-state index in [9.17, 15) is 4.79 Å². The van der Waals surface area contributed by atoms with E-state index in [-0.39, 0.29) is 0 Å². The predicted molar refractivity (Wildman–Crippen MR) is 119 cm³/mol. The summed E-state index contributed by atoms with van der Waals surface area (Å²) in [4.78, 5) is 12.6. The molecule has 6 heteroatoms. The number of nitrogens with zero attached hydrogens (tertiary/aromatic N) is 1. The van der Waals surface area contributed by atoms with Gasteiger partial charge in [0, 0.05) is 11.8 Å². The van der Waals surface area contributed by atoms with Gasteiger partial charge in [-0.3, -0.25) is 0 Å². The van der Waals surface area contributed by atoms with Gasteiger partial charge in [-0.1, -0.05) is 19.3 Å². The van der Waals surface area contributed by atoms with Gasteiger partial charge in [-0.15, -0.1) is 0 Å². The quantitative estimate of drug-likeness (QED) is 0.557. The normalized spacial score (nSPS) is 14.9. The fourth-order valence-electron chi connectivity index (χ4n) is 3.87. The highest BCUT2D eigenvalue weighted by molar-refractivity contribution is 5.81. The lowest BCUT2D eigenvalue weighted by atomic mass is 9.90. The van der Waals surface area contributed by atoms with Gasteiger partial charge in [0.15, 0.2) is 6.04 Å². The largest absolute Gasteiger partial charge is 0.494 e. The van der Waals surface area contributed by atoms with Crippen LogP contribution in [0.5, 0.6) is 11.5 Å². The number of hydrogen-bond donors (Lipinski definition) is 1. The van der Waals surface area contributed by atoms with Gasteiger partial charge in [0.25, 0.3) is 0 Å². The molecular weight excluding hydrogens is 392 g/mol. The third-order valence-electron chi connectivity index (χ3n) is 5.52. The first-order valence-corrected chi connectivity index (χ1v) is 10.9. The van der Waals surface area contributed by atoms with Crippen molar-refractivity contribution in [2.75, 3.05) is 25.6 Å². The molecule has 1 saturated carbocycles. The van der Waals surface area contributed by atoms with E-state index in [1.807, 2.05) is 25.1 Å². The Morgan fingerprint density at radius 1 is 1.10 bits per heavy atom. The highest BCUT2D eigenvalue weighted by atomic mass is 16.5. The first-order chi connectivity index (χ1) is 15.1. The minimum atomic E-state index is -0.740. The van der Waals surface area contributed by atoms with Crippen molar-refractivity contribution in [2.24, 2.45) is 5.92 Å². The number of carbonyl (C=O) groups is 1. The number of benzene rings is 2. The van der Waals surface area contributed by atoms with Crippen molar-refractivity contribution in [3.63, 3.8) is 0 Å². The second-order valence-electron chi connectivity index (χ2n) is 7.78. The van der Waals surface area contributed by atoms with Crippen LogP contribution in [0, 0.1) is 17.2 Å². The minimum absolute atomic E-state index is 0.420. The van der Waals surface area contributed by atoms with Gasteiger partial charge in [-0.05, 0) is 67.6 Å². The summed E-state index contributed by atoms with van der Waals surface area (Å²) in [7, 11) is 1.36. The van der Waals surface area contributed by atoms with Gasteiger partial charge in [0.05, 0.1) is 32.0 Å². The number of nitrogens with one attached hydrogen (secondary N) is 1. The highest BCUT2D eigenvalue weighted by Gasteiger charge is 2.23. The molecule has 1 fully saturated rings. The zero-order valence-electron chi connectivity index (χ0n) is 18.2. The molecular formula is C25H30N2O4. The summed E-state index contributed by atoms with van der Waals surface area (Å²) in [5.41, 5.74) is 1.96. The summed E-state index contributed by atoms with van der Waals surface area (Å²) in [5, 5.41) is 12.2. The van der Waals surface area contributed by atoms with Crippen molar-refractivity contribution in [2.45, 2.75) is 45.1 Å². The standard InChI is InChI=1S/C25H30N2O4/c1-3-30-22-13-20(14-23(15-22)31-17-19-7-5-4-6-8-19)24(25(28)29-2)27-21-11-9-18(16-26)10-12-21/h9-15,19,24,27H,3-8,17H2,1-2H3. The summed E-state index contributed by atoms with van der Waals surface area (Å²) in [6, 6.07) is 13.8. The Bertz CT molecular complexity index is 899. The van der Waals surface area contributed by atoms with Crippen LogP contribution in [0.4, 0.5) is 5.69 Å². The SMILES string of the molecule is CCOc1cc(OCC2CCCCC2)cc(C(Nc2ccc(C#N)cc2)C(=O)OC)c1. The fourth-order valence-corrected chi connectivity index (χ4v) is 3.87. The van der Waals surface area contributed by atoms with E-state index in [1.54, 1.807) is 24.3 Å². The Balaban J connectivity index is 1.84. The van der Waals surface area contributed by atoms with Crippen LogP contribution in [0.3, 0.4) is 0 Å². The molecule has 164 valence electrons. The molecule has 1 N–H and O–H groups in total. The van der Waals surface area contributed by atoms with Crippen LogP contribution in [-0.4, -0.2) is 26.3 Å².